The Bertz CT molecular complexity index is 944. The Hall–Kier alpha value is -2.83. The first kappa shape index (κ1) is 17.0. The molecule has 130 valence electrons. The van der Waals surface area contributed by atoms with Gasteiger partial charge in [-0.1, -0.05) is 12.1 Å². The molecule has 1 aromatic heterocycles. The minimum Gasteiger partial charge on any atom is -0.453 e. The van der Waals surface area contributed by atoms with Crippen molar-refractivity contribution >= 4 is 22.4 Å². The average molecular weight is 351 g/mol. The number of alkyl halides is 3. The highest BCUT2D eigenvalue weighted by atomic mass is 19.4. The maximum Gasteiger partial charge on any atom is 0.418 e. The van der Waals surface area contributed by atoms with Crippen LogP contribution in [-0.4, -0.2) is 12.3 Å². The molecule has 25 heavy (non-hydrogen) atoms. The average Bonchev–Trinajstić information content (AvgIpc) is 2.89. The normalized spacial score (nSPS) is 11.7. The van der Waals surface area contributed by atoms with Gasteiger partial charge in [0.2, 0.25) is 5.78 Å². The molecule has 0 bridgehead atoms. The monoisotopic (exact) mass is 351 g/mol. The van der Waals surface area contributed by atoms with Crippen molar-refractivity contribution in [2.24, 2.45) is 0 Å². The predicted molar refractivity (Wildman–Crippen MR) is 85.2 cm³/mol. The molecule has 7 heteroatoms. The molecular formula is C18H13F4NO2. The lowest BCUT2D eigenvalue weighted by Gasteiger charge is -2.13. The molecule has 0 aliphatic rings. The van der Waals surface area contributed by atoms with E-state index in [-0.39, 0.29) is 18.0 Å². The zero-order valence-corrected chi connectivity index (χ0v) is 13.1. The maximum absolute atomic E-state index is 13.3. The molecule has 3 aromatic rings. The number of anilines is 1. The molecule has 0 saturated heterocycles. The number of Topliss-reactive ketones (excluding diaryl/α,β-unsaturated/α-hetero) is 1. The molecule has 0 spiro atoms. The van der Waals surface area contributed by atoms with Crippen molar-refractivity contribution in [1.82, 2.24) is 0 Å². The van der Waals surface area contributed by atoms with Gasteiger partial charge in [0.25, 0.3) is 0 Å². The highest BCUT2D eigenvalue weighted by Crippen LogP contribution is 2.34. The van der Waals surface area contributed by atoms with Crippen molar-refractivity contribution in [3.63, 3.8) is 0 Å². The van der Waals surface area contributed by atoms with Crippen LogP contribution in [0.3, 0.4) is 0 Å². The Kier molecular flexibility index (Phi) is 4.24. The van der Waals surface area contributed by atoms with Crippen LogP contribution in [0.2, 0.25) is 0 Å². The number of nitrogens with one attached hydrogen (secondary N) is 1. The first-order valence-electron chi connectivity index (χ1n) is 7.39. The van der Waals surface area contributed by atoms with Crippen molar-refractivity contribution in [3.8, 4) is 0 Å². The highest BCUT2D eigenvalue weighted by molar-refractivity contribution is 6.02. The third-order valence-electron chi connectivity index (χ3n) is 3.82. The summed E-state index contributed by atoms with van der Waals surface area (Å²) in [4.78, 5) is 12.3. The van der Waals surface area contributed by atoms with Gasteiger partial charge in [-0.2, -0.15) is 13.2 Å². The number of hydrogen-bond donors (Lipinski definition) is 1. The van der Waals surface area contributed by atoms with Crippen LogP contribution in [-0.2, 0) is 6.18 Å². The molecule has 3 nitrogen and oxygen atoms in total. The summed E-state index contributed by atoms with van der Waals surface area (Å²) in [5.74, 6) is -0.990. The van der Waals surface area contributed by atoms with Gasteiger partial charge in [-0.3, -0.25) is 4.79 Å². The summed E-state index contributed by atoms with van der Waals surface area (Å²) in [7, 11) is 0. The number of benzene rings is 2. The molecule has 0 saturated carbocycles. The largest absolute Gasteiger partial charge is 0.453 e. The molecule has 2 aromatic carbocycles. The van der Waals surface area contributed by atoms with E-state index in [0.29, 0.717) is 16.5 Å². The number of para-hydroxylation sites is 1. The number of halogens is 4. The molecule has 1 N–H and O–H groups in total. The summed E-state index contributed by atoms with van der Waals surface area (Å²) in [6.45, 7) is 1.22. The fourth-order valence-electron chi connectivity index (χ4n) is 2.60. The van der Waals surface area contributed by atoms with Crippen LogP contribution >= 0.6 is 0 Å². The lowest BCUT2D eigenvalue weighted by molar-refractivity contribution is -0.136. The van der Waals surface area contributed by atoms with E-state index in [9.17, 15) is 22.4 Å². The van der Waals surface area contributed by atoms with Crippen LogP contribution in [0, 0.1) is 12.7 Å². The molecule has 0 amide bonds. The van der Waals surface area contributed by atoms with E-state index in [1.54, 1.807) is 6.92 Å². The van der Waals surface area contributed by atoms with Gasteiger partial charge in [-0.25, -0.2) is 4.39 Å². The summed E-state index contributed by atoms with van der Waals surface area (Å²) in [5, 5.41) is 2.95. The second-order valence-corrected chi connectivity index (χ2v) is 5.52. The first-order chi connectivity index (χ1) is 11.8. The van der Waals surface area contributed by atoms with Crippen LogP contribution in [0.5, 0.6) is 0 Å². The van der Waals surface area contributed by atoms with Crippen molar-refractivity contribution in [1.29, 1.82) is 0 Å². The SMILES string of the molecule is Cc1c(C(=O)CNc2ccccc2C(F)(F)F)oc2ccc(F)cc12. The second kappa shape index (κ2) is 6.23. The Morgan fingerprint density at radius 1 is 1.16 bits per heavy atom. The Morgan fingerprint density at radius 2 is 1.88 bits per heavy atom. The summed E-state index contributed by atoms with van der Waals surface area (Å²) < 4.78 is 57.6. The summed E-state index contributed by atoms with van der Waals surface area (Å²) in [6, 6.07) is 8.75. The number of fused-ring (bicyclic) bond motifs is 1. The minimum atomic E-state index is -4.53. The smallest absolute Gasteiger partial charge is 0.418 e. The van der Waals surface area contributed by atoms with Gasteiger partial charge in [0.15, 0.2) is 5.76 Å². The maximum atomic E-state index is 13.3. The van der Waals surface area contributed by atoms with Crippen LogP contribution < -0.4 is 5.32 Å². The lowest BCUT2D eigenvalue weighted by Crippen LogP contribution is -2.17. The van der Waals surface area contributed by atoms with E-state index >= 15 is 0 Å². The van der Waals surface area contributed by atoms with Gasteiger partial charge >= 0.3 is 6.18 Å². The molecule has 0 radical (unpaired) electrons. The molecule has 0 unspecified atom stereocenters. The zero-order valence-electron chi connectivity index (χ0n) is 13.1. The topological polar surface area (TPSA) is 42.2 Å². The van der Waals surface area contributed by atoms with E-state index in [1.165, 1.54) is 36.4 Å². The van der Waals surface area contributed by atoms with Crippen LogP contribution in [0.15, 0.2) is 46.9 Å². The number of aryl methyl sites for hydroxylation is 1. The number of carbonyl (C=O) groups is 1. The fraction of sp³-hybridized carbons (Fsp3) is 0.167. The molecule has 0 aliphatic heterocycles. The fourth-order valence-corrected chi connectivity index (χ4v) is 2.60. The van der Waals surface area contributed by atoms with E-state index in [0.717, 1.165) is 6.07 Å². The van der Waals surface area contributed by atoms with Crippen molar-refractivity contribution < 1.29 is 26.8 Å². The molecule has 0 fully saturated rings. The van der Waals surface area contributed by atoms with Crippen LogP contribution in [0.25, 0.3) is 11.0 Å². The van der Waals surface area contributed by atoms with Gasteiger partial charge in [0, 0.05) is 16.6 Å². The van der Waals surface area contributed by atoms with Crippen molar-refractivity contribution in [3.05, 3.63) is 65.2 Å². The quantitative estimate of drug-likeness (QED) is 0.519. The number of furan rings is 1. The molecule has 3 rings (SSSR count). The summed E-state index contributed by atoms with van der Waals surface area (Å²) in [5.41, 5.74) is -0.252. The zero-order chi connectivity index (χ0) is 18.2. The van der Waals surface area contributed by atoms with Gasteiger partial charge in [-0.15, -0.1) is 0 Å². The number of carbonyl (C=O) groups excluding carboxylic acids is 1. The Morgan fingerprint density at radius 3 is 2.60 bits per heavy atom. The molecule has 0 atom stereocenters. The summed E-state index contributed by atoms with van der Waals surface area (Å²) >= 11 is 0. The number of hydrogen-bond acceptors (Lipinski definition) is 3. The number of rotatable bonds is 4. The Labute approximate surface area is 140 Å². The van der Waals surface area contributed by atoms with Gasteiger partial charge in [-0.05, 0) is 37.3 Å². The van der Waals surface area contributed by atoms with Gasteiger partial charge < -0.3 is 9.73 Å². The molecule has 1 heterocycles. The van der Waals surface area contributed by atoms with E-state index in [2.05, 4.69) is 5.32 Å². The predicted octanol–water partition coefficient (Wildman–Crippen LogP) is 5.19. The number of ketones is 1. The third-order valence-corrected chi connectivity index (χ3v) is 3.82. The minimum absolute atomic E-state index is 0.00223. The van der Waals surface area contributed by atoms with E-state index < -0.39 is 23.3 Å². The van der Waals surface area contributed by atoms with Crippen LogP contribution in [0.1, 0.15) is 21.7 Å². The van der Waals surface area contributed by atoms with Crippen LogP contribution in [0.4, 0.5) is 23.2 Å². The molecule has 0 aliphatic carbocycles. The highest BCUT2D eigenvalue weighted by Gasteiger charge is 2.33. The summed E-state index contributed by atoms with van der Waals surface area (Å²) in [6.07, 6.45) is -4.53. The van der Waals surface area contributed by atoms with Gasteiger partial charge in [0.1, 0.15) is 11.4 Å². The standard InChI is InChI=1S/C18H13F4NO2/c1-10-12-8-11(19)6-7-16(12)25-17(10)15(24)9-23-14-5-3-2-4-13(14)18(20,21)22/h2-8,23H,9H2,1H3. The van der Waals surface area contributed by atoms with E-state index in [1.807, 2.05) is 0 Å². The Balaban J connectivity index is 1.84. The van der Waals surface area contributed by atoms with Crippen molar-refractivity contribution in [2.45, 2.75) is 13.1 Å². The molecular weight excluding hydrogens is 338 g/mol. The lowest BCUT2D eigenvalue weighted by atomic mass is 10.1. The third kappa shape index (κ3) is 3.35. The van der Waals surface area contributed by atoms with Gasteiger partial charge in [0.05, 0.1) is 12.1 Å². The second-order valence-electron chi connectivity index (χ2n) is 5.52. The first-order valence-corrected chi connectivity index (χ1v) is 7.39. The van der Waals surface area contributed by atoms with Crippen molar-refractivity contribution in [2.75, 3.05) is 11.9 Å². The van der Waals surface area contributed by atoms with E-state index in [4.69, 9.17) is 4.42 Å².